The summed E-state index contributed by atoms with van der Waals surface area (Å²) in [5.41, 5.74) is 0.752. The zero-order valence-electron chi connectivity index (χ0n) is 11.9. The minimum absolute atomic E-state index is 0.0869. The van der Waals surface area contributed by atoms with Crippen molar-refractivity contribution in [2.45, 2.75) is 45.5 Å². The summed E-state index contributed by atoms with van der Waals surface area (Å²) in [4.78, 5) is 0. The van der Waals surface area contributed by atoms with E-state index >= 15 is 0 Å². The van der Waals surface area contributed by atoms with Crippen LogP contribution >= 0.6 is 0 Å². The Kier molecular flexibility index (Phi) is 6.84. The Morgan fingerprint density at radius 2 is 1.79 bits per heavy atom. The third-order valence-electron chi connectivity index (χ3n) is 2.72. The number of para-hydroxylation sites is 1. The van der Waals surface area contributed by atoms with Gasteiger partial charge in [-0.25, -0.2) is 0 Å². The second-order valence-electron chi connectivity index (χ2n) is 4.81. The molecule has 19 heavy (non-hydrogen) atoms. The molecule has 1 aromatic carbocycles. The van der Waals surface area contributed by atoms with Crippen molar-refractivity contribution < 1.29 is 19.7 Å². The van der Waals surface area contributed by atoms with E-state index in [-0.39, 0.29) is 19.3 Å². The summed E-state index contributed by atoms with van der Waals surface area (Å²) in [6.07, 6.45) is -0.502. The van der Waals surface area contributed by atoms with Gasteiger partial charge in [0.15, 0.2) is 0 Å². The molecule has 2 N–H and O–H groups in total. The highest BCUT2D eigenvalue weighted by Crippen LogP contribution is 2.26. The predicted octanol–water partition coefficient (Wildman–Crippen LogP) is 2.29. The van der Waals surface area contributed by atoms with Gasteiger partial charge in [0, 0.05) is 5.56 Å². The van der Waals surface area contributed by atoms with Gasteiger partial charge in [0.1, 0.15) is 18.5 Å². The Hall–Kier alpha value is -1.10. The third-order valence-corrected chi connectivity index (χ3v) is 2.72. The van der Waals surface area contributed by atoms with Gasteiger partial charge in [0.05, 0.1) is 18.8 Å². The van der Waals surface area contributed by atoms with Crippen molar-refractivity contribution in [2.75, 3.05) is 13.2 Å². The number of benzene rings is 1. The summed E-state index contributed by atoms with van der Waals surface area (Å²) in [6.45, 7) is 6.14. The molecule has 0 radical (unpaired) electrons. The molecule has 0 spiro atoms. The van der Waals surface area contributed by atoms with Gasteiger partial charge < -0.3 is 19.7 Å². The van der Waals surface area contributed by atoms with Gasteiger partial charge in [-0.05, 0) is 26.3 Å². The van der Waals surface area contributed by atoms with Gasteiger partial charge in [-0.15, -0.1) is 0 Å². The van der Waals surface area contributed by atoms with Crippen LogP contribution in [0.5, 0.6) is 5.75 Å². The topological polar surface area (TPSA) is 58.9 Å². The van der Waals surface area contributed by atoms with E-state index in [9.17, 15) is 10.2 Å². The van der Waals surface area contributed by atoms with E-state index in [0.29, 0.717) is 12.2 Å². The minimum Gasteiger partial charge on any atom is -0.490 e. The standard InChI is InChI=1S/C15H24O4/c1-4-14(17)13-7-5-6-8-15(13)19-10-12(16)9-18-11(2)3/h5-8,11-12,14,16-17H,4,9-10H2,1-3H3/t12?,14-/m0/s1. The number of rotatable bonds is 8. The Morgan fingerprint density at radius 1 is 1.11 bits per heavy atom. The third kappa shape index (κ3) is 5.59. The first kappa shape index (κ1) is 16.0. The number of hydrogen-bond donors (Lipinski definition) is 2. The SMILES string of the molecule is CC[C@H](O)c1ccccc1OCC(O)COC(C)C. The highest BCUT2D eigenvalue weighted by molar-refractivity contribution is 5.35. The maximum Gasteiger partial charge on any atom is 0.125 e. The van der Waals surface area contributed by atoms with Crippen LogP contribution in [0.1, 0.15) is 38.9 Å². The Balaban J connectivity index is 2.53. The van der Waals surface area contributed by atoms with Crippen LogP contribution in [0.3, 0.4) is 0 Å². The fourth-order valence-electron chi connectivity index (χ4n) is 1.64. The number of ether oxygens (including phenoxy) is 2. The lowest BCUT2D eigenvalue weighted by atomic mass is 10.1. The number of aliphatic hydroxyl groups excluding tert-OH is 2. The van der Waals surface area contributed by atoms with Crippen molar-refractivity contribution in [3.63, 3.8) is 0 Å². The Morgan fingerprint density at radius 3 is 2.42 bits per heavy atom. The van der Waals surface area contributed by atoms with Crippen LogP contribution in [0.25, 0.3) is 0 Å². The fourth-order valence-corrected chi connectivity index (χ4v) is 1.64. The van der Waals surface area contributed by atoms with Crippen LogP contribution in [0.15, 0.2) is 24.3 Å². The second kappa shape index (κ2) is 8.15. The van der Waals surface area contributed by atoms with Gasteiger partial charge in [-0.1, -0.05) is 25.1 Å². The summed E-state index contributed by atoms with van der Waals surface area (Å²) >= 11 is 0. The molecule has 0 bridgehead atoms. The lowest BCUT2D eigenvalue weighted by Crippen LogP contribution is -2.25. The fraction of sp³-hybridized carbons (Fsp3) is 0.600. The first-order chi connectivity index (χ1) is 9.04. The Labute approximate surface area is 115 Å². The predicted molar refractivity (Wildman–Crippen MR) is 74.3 cm³/mol. The molecule has 108 valence electrons. The first-order valence-corrected chi connectivity index (χ1v) is 6.74. The largest absolute Gasteiger partial charge is 0.490 e. The molecule has 0 aliphatic rings. The molecule has 0 fully saturated rings. The molecule has 0 heterocycles. The summed E-state index contributed by atoms with van der Waals surface area (Å²) < 4.78 is 10.9. The molecule has 1 aromatic rings. The molecule has 1 unspecified atom stereocenters. The average Bonchev–Trinajstić information content (AvgIpc) is 2.42. The quantitative estimate of drug-likeness (QED) is 0.759. The van der Waals surface area contributed by atoms with Crippen LogP contribution in [0.2, 0.25) is 0 Å². The van der Waals surface area contributed by atoms with E-state index in [1.165, 1.54) is 0 Å². The molecule has 0 aliphatic heterocycles. The molecule has 0 amide bonds. The molecule has 2 atom stereocenters. The smallest absolute Gasteiger partial charge is 0.125 e. The van der Waals surface area contributed by atoms with Gasteiger partial charge in [-0.3, -0.25) is 0 Å². The van der Waals surface area contributed by atoms with Gasteiger partial charge in [0.2, 0.25) is 0 Å². The molecule has 4 heteroatoms. The molecule has 0 aliphatic carbocycles. The monoisotopic (exact) mass is 268 g/mol. The van der Waals surface area contributed by atoms with E-state index in [4.69, 9.17) is 9.47 Å². The van der Waals surface area contributed by atoms with Gasteiger partial charge in [-0.2, -0.15) is 0 Å². The maximum absolute atomic E-state index is 9.88. The van der Waals surface area contributed by atoms with Crippen LogP contribution in [0.4, 0.5) is 0 Å². The molecule has 4 nitrogen and oxygen atoms in total. The zero-order valence-corrected chi connectivity index (χ0v) is 11.9. The molecule has 0 saturated heterocycles. The second-order valence-corrected chi connectivity index (χ2v) is 4.81. The van der Waals surface area contributed by atoms with E-state index in [1.54, 1.807) is 6.07 Å². The first-order valence-electron chi connectivity index (χ1n) is 6.74. The highest BCUT2D eigenvalue weighted by Gasteiger charge is 2.13. The van der Waals surface area contributed by atoms with Crippen molar-refractivity contribution in [3.05, 3.63) is 29.8 Å². The van der Waals surface area contributed by atoms with Gasteiger partial charge >= 0.3 is 0 Å². The van der Waals surface area contributed by atoms with E-state index in [0.717, 1.165) is 5.56 Å². The zero-order chi connectivity index (χ0) is 14.3. The molecular formula is C15H24O4. The van der Waals surface area contributed by atoms with Crippen LogP contribution < -0.4 is 4.74 Å². The molecular weight excluding hydrogens is 244 g/mol. The lowest BCUT2D eigenvalue weighted by molar-refractivity contribution is -0.0127. The highest BCUT2D eigenvalue weighted by atomic mass is 16.5. The average molecular weight is 268 g/mol. The normalized spacial score (nSPS) is 14.4. The minimum atomic E-state index is -0.672. The van der Waals surface area contributed by atoms with E-state index in [1.807, 2.05) is 39.0 Å². The summed E-state index contributed by atoms with van der Waals surface area (Å²) in [5.74, 6) is 0.612. The van der Waals surface area contributed by atoms with Crippen LogP contribution in [-0.2, 0) is 4.74 Å². The summed E-state index contributed by atoms with van der Waals surface area (Å²) in [6, 6.07) is 7.34. The van der Waals surface area contributed by atoms with Crippen molar-refractivity contribution >= 4 is 0 Å². The molecule has 0 saturated carbocycles. The molecule has 0 aromatic heterocycles. The maximum atomic E-state index is 9.88. The summed E-state index contributed by atoms with van der Waals surface area (Å²) in [5, 5.41) is 19.6. The molecule has 1 rings (SSSR count). The van der Waals surface area contributed by atoms with Crippen molar-refractivity contribution in [2.24, 2.45) is 0 Å². The summed E-state index contributed by atoms with van der Waals surface area (Å²) in [7, 11) is 0. The van der Waals surface area contributed by atoms with Crippen LogP contribution in [0, 0.1) is 0 Å². The van der Waals surface area contributed by atoms with Crippen molar-refractivity contribution in [1.29, 1.82) is 0 Å². The van der Waals surface area contributed by atoms with E-state index in [2.05, 4.69) is 0 Å². The Bertz CT molecular complexity index is 365. The number of aliphatic hydroxyl groups is 2. The van der Waals surface area contributed by atoms with E-state index < -0.39 is 12.2 Å². The van der Waals surface area contributed by atoms with Crippen LogP contribution in [-0.4, -0.2) is 35.6 Å². The van der Waals surface area contributed by atoms with Crippen molar-refractivity contribution in [3.8, 4) is 5.75 Å². The number of hydrogen-bond acceptors (Lipinski definition) is 4. The lowest BCUT2D eigenvalue weighted by Gasteiger charge is -2.18. The van der Waals surface area contributed by atoms with Crippen molar-refractivity contribution in [1.82, 2.24) is 0 Å². The van der Waals surface area contributed by atoms with Gasteiger partial charge in [0.25, 0.3) is 0 Å².